The van der Waals surface area contributed by atoms with Crippen LogP contribution in [0.1, 0.15) is 15.9 Å². The quantitative estimate of drug-likeness (QED) is 0.485. The van der Waals surface area contributed by atoms with Crippen molar-refractivity contribution in [1.82, 2.24) is 14.5 Å². The zero-order valence-corrected chi connectivity index (χ0v) is 15.8. The molecule has 7 nitrogen and oxygen atoms in total. The van der Waals surface area contributed by atoms with Gasteiger partial charge in [0.15, 0.2) is 5.75 Å². The molecule has 4 aromatic rings. The van der Waals surface area contributed by atoms with Crippen molar-refractivity contribution in [1.29, 1.82) is 0 Å². The third-order valence-corrected chi connectivity index (χ3v) is 5.49. The highest BCUT2D eigenvalue weighted by Crippen LogP contribution is 2.43. The van der Waals surface area contributed by atoms with Crippen molar-refractivity contribution in [3.63, 3.8) is 0 Å². The van der Waals surface area contributed by atoms with Crippen molar-refractivity contribution < 1.29 is 24.5 Å². The predicted octanol–water partition coefficient (Wildman–Crippen LogP) is 2.60. The van der Waals surface area contributed by atoms with Crippen LogP contribution in [0.4, 0.5) is 4.39 Å². The lowest BCUT2D eigenvalue weighted by atomic mass is 9.98. The fourth-order valence-corrected chi connectivity index (χ4v) is 3.94. The molecule has 8 heteroatoms. The number of halogens is 1. The number of aromatic hydroxyl groups is 2. The van der Waals surface area contributed by atoms with Crippen molar-refractivity contribution in [3.05, 3.63) is 65.7 Å². The van der Waals surface area contributed by atoms with E-state index in [1.54, 1.807) is 30.5 Å². The van der Waals surface area contributed by atoms with E-state index in [4.69, 9.17) is 0 Å². The zero-order chi connectivity index (χ0) is 21.0. The third-order valence-electron chi connectivity index (χ3n) is 5.49. The standard InChI is InChI=1S/C22H18FN3O4/c23-13-5-3-12(4-6-13)8-25-11-16-17(21(29)26-9-14(27)10-26)15-2-1-7-24-19(15)20(28)18(16)22(25)30/h1-7,11,14,27-28,30H,8-10H2. The summed E-state index contributed by atoms with van der Waals surface area (Å²) in [6.45, 7) is 0.677. The molecule has 0 bridgehead atoms. The van der Waals surface area contributed by atoms with E-state index in [1.807, 2.05) is 0 Å². The van der Waals surface area contributed by atoms with Crippen molar-refractivity contribution in [2.45, 2.75) is 12.6 Å². The molecule has 2 aromatic heterocycles. The van der Waals surface area contributed by atoms with E-state index >= 15 is 0 Å². The van der Waals surface area contributed by atoms with Gasteiger partial charge in [-0.15, -0.1) is 0 Å². The monoisotopic (exact) mass is 407 g/mol. The molecule has 1 saturated heterocycles. The summed E-state index contributed by atoms with van der Waals surface area (Å²) in [6, 6.07) is 9.23. The largest absolute Gasteiger partial charge is 0.505 e. The second kappa shape index (κ2) is 6.70. The first-order valence-electron chi connectivity index (χ1n) is 9.47. The molecule has 2 aromatic carbocycles. The van der Waals surface area contributed by atoms with Gasteiger partial charge in [0, 0.05) is 36.3 Å². The average Bonchev–Trinajstić information content (AvgIpc) is 3.03. The minimum absolute atomic E-state index is 0.132. The minimum atomic E-state index is -0.553. The van der Waals surface area contributed by atoms with Crippen LogP contribution in [-0.2, 0) is 6.54 Å². The smallest absolute Gasteiger partial charge is 0.255 e. The van der Waals surface area contributed by atoms with E-state index in [0.717, 1.165) is 5.56 Å². The molecule has 1 fully saturated rings. The number of aliphatic hydroxyl groups excluding tert-OH is 1. The molecule has 1 amide bonds. The van der Waals surface area contributed by atoms with E-state index in [2.05, 4.69) is 4.98 Å². The van der Waals surface area contributed by atoms with Crippen LogP contribution in [-0.4, -0.2) is 54.9 Å². The first-order valence-corrected chi connectivity index (χ1v) is 9.47. The van der Waals surface area contributed by atoms with Gasteiger partial charge in [0.2, 0.25) is 5.88 Å². The van der Waals surface area contributed by atoms with Gasteiger partial charge >= 0.3 is 0 Å². The molecule has 5 rings (SSSR count). The number of nitrogens with zero attached hydrogens (tertiary/aromatic N) is 3. The van der Waals surface area contributed by atoms with Crippen LogP contribution in [0.15, 0.2) is 48.8 Å². The number of phenols is 1. The van der Waals surface area contributed by atoms with Crippen molar-refractivity contribution in [2.75, 3.05) is 13.1 Å². The molecular formula is C22H18FN3O4. The van der Waals surface area contributed by atoms with Crippen LogP contribution < -0.4 is 0 Å². The first kappa shape index (κ1) is 18.4. The summed E-state index contributed by atoms with van der Waals surface area (Å²) in [5.74, 6) is -1.09. The summed E-state index contributed by atoms with van der Waals surface area (Å²) in [7, 11) is 0. The molecular weight excluding hydrogens is 389 g/mol. The van der Waals surface area contributed by atoms with Gasteiger partial charge in [0.05, 0.1) is 23.6 Å². The Balaban J connectivity index is 1.72. The summed E-state index contributed by atoms with van der Waals surface area (Å²) < 4.78 is 14.7. The number of aliphatic hydroxyl groups is 1. The van der Waals surface area contributed by atoms with Crippen LogP contribution in [0, 0.1) is 5.82 Å². The van der Waals surface area contributed by atoms with Gasteiger partial charge in [0.25, 0.3) is 5.91 Å². The number of fused-ring (bicyclic) bond motifs is 2. The molecule has 30 heavy (non-hydrogen) atoms. The topological polar surface area (TPSA) is 98.8 Å². The maximum atomic E-state index is 13.2. The lowest BCUT2D eigenvalue weighted by Crippen LogP contribution is -2.53. The number of amides is 1. The van der Waals surface area contributed by atoms with Gasteiger partial charge in [-0.1, -0.05) is 18.2 Å². The van der Waals surface area contributed by atoms with Crippen LogP contribution >= 0.6 is 0 Å². The number of β-amino-alcohol motifs (C(OH)–C–C–N with tert-alkyl or cyclic N) is 1. The Kier molecular flexibility index (Phi) is 4.11. The highest BCUT2D eigenvalue weighted by molar-refractivity contribution is 6.21. The van der Waals surface area contributed by atoms with Gasteiger partial charge in [-0.3, -0.25) is 9.78 Å². The lowest BCUT2D eigenvalue weighted by Gasteiger charge is -2.36. The number of carbonyl (C=O) groups is 1. The number of likely N-dealkylation sites (tertiary alicyclic amines) is 1. The van der Waals surface area contributed by atoms with Crippen molar-refractivity contribution in [2.24, 2.45) is 0 Å². The van der Waals surface area contributed by atoms with Crippen LogP contribution in [0.25, 0.3) is 21.7 Å². The number of rotatable bonds is 3. The molecule has 152 valence electrons. The SMILES string of the molecule is O=C(c1c2cccnc2c(O)c2c(O)n(Cc3ccc(F)cc3)cc12)N1CC(O)C1. The normalized spacial score (nSPS) is 14.4. The Hall–Kier alpha value is -3.65. The number of carbonyl (C=O) groups excluding carboxylic acids is 1. The van der Waals surface area contributed by atoms with E-state index in [0.29, 0.717) is 16.3 Å². The average molecular weight is 407 g/mol. The summed E-state index contributed by atoms with van der Waals surface area (Å²) in [5.41, 5.74) is 1.27. The predicted molar refractivity (Wildman–Crippen MR) is 108 cm³/mol. The molecule has 0 aliphatic carbocycles. The third kappa shape index (κ3) is 2.76. The van der Waals surface area contributed by atoms with Gasteiger partial charge in [0.1, 0.15) is 11.3 Å². The van der Waals surface area contributed by atoms with Gasteiger partial charge in [-0.05, 0) is 23.8 Å². The summed E-state index contributed by atoms with van der Waals surface area (Å²) in [4.78, 5) is 18.9. The molecule has 0 saturated carbocycles. The fourth-order valence-electron chi connectivity index (χ4n) is 3.94. The van der Waals surface area contributed by atoms with E-state index in [9.17, 15) is 24.5 Å². The number of phenolic OH excluding ortho intramolecular Hbond substituents is 1. The Morgan fingerprint density at radius 1 is 1.13 bits per heavy atom. The van der Waals surface area contributed by atoms with Gasteiger partial charge in [-0.2, -0.15) is 0 Å². The number of hydrogen-bond donors (Lipinski definition) is 3. The molecule has 0 unspecified atom stereocenters. The summed E-state index contributed by atoms with van der Waals surface area (Å²) in [5, 5.41) is 32.2. The Labute approximate surface area is 170 Å². The van der Waals surface area contributed by atoms with Crippen LogP contribution in [0.5, 0.6) is 11.6 Å². The van der Waals surface area contributed by atoms with Crippen LogP contribution in [0.2, 0.25) is 0 Å². The number of aromatic nitrogens is 2. The molecule has 1 aliphatic rings. The van der Waals surface area contributed by atoms with Crippen molar-refractivity contribution >= 4 is 27.6 Å². The second-order valence-corrected chi connectivity index (χ2v) is 7.48. The highest BCUT2D eigenvalue weighted by Gasteiger charge is 2.33. The maximum Gasteiger partial charge on any atom is 0.255 e. The van der Waals surface area contributed by atoms with E-state index in [1.165, 1.54) is 27.8 Å². The van der Waals surface area contributed by atoms with Gasteiger partial charge in [-0.25, -0.2) is 4.39 Å². The minimum Gasteiger partial charge on any atom is -0.505 e. The van der Waals surface area contributed by atoms with Gasteiger partial charge < -0.3 is 24.8 Å². The lowest BCUT2D eigenvalue weighted by molar-refractivity contribution is 0.00615. The first-order chi connectivity index (χ1) is 14.4. The zero-order valence-electron chi connectivity index (χ0n) is 15.8. The molecule has 3 heterocycles. The van der Waals surface area contributed by atoms with E-state index < -0.39 is 6.10 Å². The number of hydrogen-bond acceptors (Lipinski definition) is 5. The molecule has 0 radical (unpaired) electrons. The molecule has 1 aliphatic heterocycles. The maximum absolute atomic E-state index is 13.2. The molecule has 3 N–H and O–H groups in total. The molecule has 0 atom stereocenters. The van der Waals surface area contributed by atoms with Crippen LogP contribution in [0.3, 0.4) is 0 Å². The Bertz CT molecular complexity index is 1290. The Morgan fingerprint density at radius 3 is 2.57 bits per heavy atom. The summed E-state index contributed by atoms with van der Waals surface area (Å²) in [6.07, 6.45) is 2.55. The second-order valence-electron chi connectivity index (χ2n) is 7.48. The fraction of sp³-hybridized carbons (Fsp3) is 0.182. The number of pyridine rings is 1. The molecule has 0 spiro atoms. The number of benzene rings is 2. The van der Waals surface area contributed by atoms with E-state index in [-0.39, 0.29) is 53.9 Å². The Morgan fingerprint density at radius 2 is 1.87 bits per heavy atom. The highest BCUT2D eigenvalue weighted by atomic mass is 19.1. The summed E-state index contributed by atoms with van der Waals surface area (Å²) >= 11 is 0. The van der Waals surface area contributed by atoms with Crippen molar-refractivity contribution in [3.8, 4) is 11.6 Å².